The van der Waals surface area contributed by atoms with E-state index in [9.17, 15) is 9.59 Å². The number of thioether (sulfide) groups is 1. The maximum Gasteiger partial charge on any atom is 0.319 e. The summed E-state index contributed by atoms with van der Waals surface area (Å²) in [6.45, 7) is 6.21. The number of nitrogens with zero attached hydrogens (tertiary/aromatic N) is 1. The first-order chi connectivity index (χ1) is 12.0. The van der Waals surface area contributed by atoms with Crippen LogP contribution in [0.5, 0.6) is 0 Å². The number of carbonyl (C=O) groups is 2. The van der Waals surface area contributed by atoms with E-state index < -0.39 is 0 Å². The van der Waals surface area contributed by atoms with Gasteiger partial charge in [0, 0.05) is 31.1 Å². The lowest BCUT2D eigenvalue weighted by atomic mass is 10.1. The molecule has 3 amide bonds. The SMILES string of the molecule is Cc1cccc(NC(=O)NC[C@@H]2CN[C@H](C(=O)N3CCSC3)C2)c1C. The largest absolute Gasteiger partial charge is 0.338 e. The Balaban J connectivity index is 1.43. The smallest absolute Gasteiger partial charge is 0.319 e. The zero-order chi connectivity index (χ0) is 17.8. The van der Waals surface area contributed by atoms with Crippen LogP contribution in [0.15, 0.2) is 18.2 Å². The number of hydrogen-bond acceptors (Lipinski definition) is 4. The van der Waals surface area contributed by atoms with Gasteiger partial charge in [0.2, 0.25) is 5.91 Å². The average Bonchev–Trinajstić information content (AvgIpc) is 3.28. The van der Waals surface area contributed by atoms with Crippen LogP contribution in [-0.4, -0.2) is 54.1 Å². The van der Waals surface area contributed by atoms with Gasteiger partial charge in [0.1, 0.15) is 0 Å². The van der Waals surface area contributed by atoms with Crippen molar-refractivity contribution in [3.05, 3.63) is 29.3 Å². The Morgan fingerprint density at radius 3 is 2.96 bits per heavy atom. The van der Waals surface area contributed by atoms with Crippen molar-refractivity contribution in [3.8, 4) is 0 Å². The number of carbonyl (C=O) groups excluding carboxylic acids is 2. The molecule has 3 N–H and O–H groups in total. The van der Waals surface area contributed by atoms with Crippen LogP contribution >= 0.6 is 11.8 Å². The van der Waals surface area contributed by atoms with Gasteiger partial charge >= 0.3 is 6.03 Å². The van der Waals surface area contributed by atoms with Gasteiger partial charge in [-0.1, -0.05) is 12.1 Å². The second-order valence-electron chi connectivity index (χ2n) is 6.78. The highest BCUT2D eigenvalue weighted by Crippen LogP contribution is 2.20. The van der Waals surface area contributed by atoms with E-state index in [2.05, 4.69) is 16.0 Å². The van der Waals surface area contributed by atoms with Crippen molar-refractivity contribution < 1.29 is 9.59 Å². The Bertz CT molecular complexity index is 646. The summed E-state index contributed by atoms with van der Waals surface area (Å²) in [5, 5.41) is 9.14. The minimum Gasteiger partial charge on any atom is -0.338 e. The first-order valence-electron chi connectivity index (χ1n) is 8.75. The molecule has 1 aromatic rings. The second-order valence-corrected chi connectivity index (χ2v) is 7.86. The molecule has 3 rings (SSSR count). The van der Waals surface area contributed by atoms with Gasteiger partial charge in [-0.3, -0.25) is 4.79 Å². The van der Waals surface area contributed by atoms with E-state index in [1.165, 1.54) is 0 Å². The van der Waals surface area contributed by atoms with Crippen LogP contribution in [0, 0.1) is 19.8 Å². The van der Waals surface area contributed by atoms with Crippen molar-refractivity contribution in [2.75, 3.05) is 36.6 Å². The van der Waals surface area contributed by atoms with E-state index in [1.54, 1.807) is 11.8 Å². The molecule has 0 saturated carbocycles. The number of nitrogens with one attached hydrogen (secondary N) is 3. The Morgan fingerprint density at radius 1 is 1.36 bits per heavy atom. The first kappa shape index (κ1) is 18.1. The van der Waals surface area contributed by atoms with Gasteiger partial charge < -0.3 is 20.9 Å². The van der Waals surface area contributed by atoms with Gasteiger partial charge in [0.15, 0.2) is 0 Å². The van der Waals surface area contributed by atoms with Crippen molar-refractivity contribution in [3.63, 3.8) is 0 Å². The fourth-order valence-electron chi connectivity index (χ4n) is 3.25. The summed E-state index contributed by atoms with van der Waals surface area (Å²) in [6.07, 6.45) is 0.782. The van der Waals surface area contributed by atoms with Crippen molar-refractivity contribution >= 4 is 29.4 Å². The molecule has 0 aromatic heterocycles. The highest BCUT2D eigenvalue weighted by atomic mass is 32.2. The van der Waals surface area contributed by atoms with E-state index in [1.807, 2.05) is 36.9 Å². The molecule has 0 unspecified atom stereocenters. The molecule has 2 fully saturated rings. The quantitative estimate of drug-likeness (QED) is 0.765. The molecule has 2 saturated heterocycles. The van der Waals surface area contributed by atoms with Crippen LogP contribution in [0.3, 0.4) is 0 Å². The fraction of sp³-hybridized carbons (Fsp3) is 0.556. The lowest BCUT2D eigenvalue weighted by molar-refractivity contribution is -0.131. The number of anilines is 1. The van der Waals surface area contributed by atoms with Crippen LogP contribution in [0.25, 0.3) is 0 Å². The number of amides is 3. The van der Waals surface area contributed by atoms with Gasteiger partial charge in [-0.05, 0) is 43.4 Å². The van der Waals surface area contributed by atoms with E-state index in [0.29, 0.717) is 6.54 Å². The lowest BCUT2D eigenvalue weighted by Crippen LogP contribution is -2.42. The van der Waals surface area contributed by atoms with Crippen molar-refractivity contribution in [1.29, 1.82) is 0 Å². The molecule has 0 bridgehead atoms. The molecule has 2 heterocycles. The minimum absolute atomic E-state index is 0.104. The Labute approximate surface area is 153 Å². The molecular formula is C18H26N4O2S. The average molecular weight is 362 g/mol. The van der Waals surface area contributed by atoms with E-state index >= 15 is 0 Å². The Hall–Kier alpha value is -1.73. The van der Waals surface area contributed by atoms with Gasteiger partial charge in [0.25, 0.3) is 0 Å². The lowest BCUT2D eigenvalue weighted by Gasteiger charge is -2.19. The third kappa shape index (κ3) is 4.46. The Kier molecular flexibility index (Phi) is 5.86. The van der Waals surface area contributed by atoms with E-state index in [4.69, 9.17) is 0 Å². The van der Waals surface area contributed by atoms with Gasteiger partial charge in [-0.25, -0.2) is 4.79 Å². The number of hydrogen-bond donors (Lipinski definition) is 3. The van der Waals surface area contributed by atoms with E-state index in [-0.39, 0.29) is 23.9 Å². The zero-order valence-electron chi connectivity index (χ0n) is 14.8. The second kappa shape index (κ2) is 8.10. The number of aryl methyl sites for hydroxylation is 1. The number of urea groups is 1. The molecule has 2 aliphatic heterocycles. The maximum atomic E-state index is 12.4. The van der Waals surface area contributed by atoms with Gasteiger partial charge in [-0.15, -0.1) is 11.8 Å². The molecule has 0 aliphatic carbocycles. The molecule has 7 heteroatoms. The molecule has 0 radical (unpaired) electrons. The number of rotatable bonds is 4. The first-order valence-corrected chi connectivity index (χ1v) is 9.91. The van der Waals surface area contributed by atoms with Crippen LogP contribution in [0.2, 0.25) is 0 Å². The minimum atomic E-state index is -0.195. The molecule has 2 atom stereocenters. The molecule has 6 nitrogen and oxygen atoms in total. The summed E-state index contributed by atoms with van der Waals surface area (Å²) in [5.74, 6) is 2.32. The van der Waals surface area contributed by atoms with Crippen LogP contribution in [0.4, 0.5) is 10.5 Å². The topological polar surface area (TPSA) is 73.5 Å². The van der Waals surface area contributed by atoms with Crippen LogP contribution in [0.1, 0.15) is 17.5 Å². The molecule has 136 valence electrons. The molecule has 0 spiro atoms. The highest BCUT2D eigenvalue weighted by molar-refractivity contribution is 7.99. The zero-order valence-corrected chi connectivity index (χ0v) is 15.6. The third-order valence-corrected chi connectivity index (χ3v) is 5.95. The molecule has 25 heavy (non-hydrogen) atoms. The van der Waals surface area contributed by atoms with Crippen LogP contribution < -0.4 is 16.0 Å². The van der Waals surface area contributed by atoms with E-state index in [0.717, 1.165) is 48.0 Å². The predicted molar refractivity (Wildman–Crippen MR) is 102 cm³/mol. The summed E-state index contributed by atoms with van der Waals surface area (Å²) in [4.78, 5) is 26.5. The molecule has 2 aliphatic rings. The van der Waals surface area contributed by atoms with Crippen molar-refractivity contribution in [2.45, 2.75) is 26.3 Å². The summed E-state index contributed by atoms with van der Waals surface area (Å²) >= 11 is 1.80. The normalized spacial score (nSPS) is 22.9. The fourth-order valence-corrected chi connectivity index (χ4v) is 4.21. The summed E-state index contributed by atoms with van der Waals surface area (Å²) in [7, 11) is 0. The maximum absolute atomic E-state index is 12.4. The Morgan fingerprint density at radius 2 is 2.20 bits per heavy atom. The summed E-state index contributed by atoms with van der Waals surface area (Å²) < 4.78 is 0. The standard InChI is InChI=1S/C18H26N4O2S/c1-12-4-3-5-15(13(12)2)21-18(24)20-10-14-8-16(19-9-14)17(23)22-6-7-25-11-22/h3-5,14,16,19H,6-11H2,1-2H3,(H2,20,21,24)/t14-,16-/m0/s1. The highest BCUT2D eigenvalue weighted by Gasteiger charge is 2.33. The summed E-state index contributed by atoms with van der Waals surface area (Å²) in [5.41, 5.74) is 3.06. The van der Waals surface area contributed by atoms with Crippen LogP contribution in [-0.2, 0) is 4.79 Å². The monoisotopic (exact) mass is 362 g/mol. The molecule has 1 aromatic carbocycles. The summed E-state index contributed by atoms with van der Waals surface area (Å²) in [6, 6.07) is 5.57. The van der Waals surface area contributed by atoms with Gasteiger partial charge in [0.05, 0.1) is 11.9 Å². The van der Waals surface area contributed by atoms with Gasteiger partial charge in [-0.2, -0.15) is 0 Å². The predicted octanol–water partition coefficient (Wildman–Crippen LogP) is 1.94. The third-order valence-electron chi connectivity index (χ3n) is 4.99. The van der Waals surface area contributed by atoms with Crippen molar-refractivity contribution in [2.24, 2.45) is 5.92 Å². The molecular weight excluding hydrogens is 336 g/mol. The number of benzene rings is 1. The van der Waals surface area contributed by atoms with Crippen molar-refractivity contribution in [1.82, 2.24) is 15.5 Å².